The quantitative estimate of drug-likeness (QED) is 0.736. The van der Waals surface area contributed by atoms with E-state index in [1.54, 1.807) is 0 Å². The number of unbranched alkanes of at least 4 members (excludes halogenated alkanes) is 2. The van der Waals surface area contributed by atoms with E-state index in [-0.39, 0.29) is 6.10 Å². The van der Waals surface area contributed by atoms with E-state index in [1.165, 1.54) is 50.5 Å². The van der Waals surface area contributed by atoms with Crippen LogP contribution in [0.15, 0.2) is 30.3 Å². The van der Waals surface area contributed by atoms with Gasteiger partial charge in [-0.05, 0) is 43.6 Å². The molecule has 94 valence electrons. The summed E-state index contributed by atoms with van der Waals surface area (Å²) in [4.78, 5) is 0. The van der Waals surface area contributed by atoms with Crippen LogP contribution in [0.5, 0.6) is 0 Å². The van der Waals surface area contributed by atoms with Crippen LogP contribution in [0.1, 0.15) is 50.5 Å². The summed E-state index contributed by atoms with van der Waals surface area (Å²) in [5.41, 5.74) is 1.45. The topological polar surface area (TPSA) is 20.2 Å². The molecule has 0 aromatic heterocycles. The highest BCUT2D eigenvalue weighted by Crippen LogP contribution is 2.29. The molecule has 2 atom stereocenters. The number of aliphatic hydroxyl groups excluding tert-OH is 1. The Hall–Kier alpha value is -0.820. The molecule has 1 aliphatic carbocycles. The highest BCUT2D eigenvalue weighted by Gasteiger charge is 2.24. The molecule has 0 spiro atoms. The Morgan fingerprint density at radius 1 is 1.00 bits per heavy atom. The van der Waals surface area contributed by atoms with Crippen molar-refractivity contribution in [1.82, 2.24) is 0 Å². The van der Waals surface area contributed by atoms with Crippen LogP contribution in [0, 0.1) is 5.92 Å². The molecule has 0 saturated heterocycles. The van der Waals surface area contributed by atoms with E-state index in [2.05, 4.69) is 30.3 Å². The molecule has 1 nitrogen and oxygen atoms in total. The van der Waals surface area contributed by atoms with Crippen molar-refractivity contribution in [2.75, 3.05) is 0 Å². The van der Waals surface area contributed by atoms with E-state index in [4.69, 9.17) is 0 Å². The lowest BCUT2D eigenvalue weighted by Crippen LogP contribution is -2.12. The van der Waals surface area contributed by atoms with Gasteiger partial charge < -0.3 is 5.11 Å². The van der Waals surface area contributed by atoms with Crippen molar-refractivity contribution < 1.29 is 5.11 Å². The first-order valence-electron chi connectivity index (χ1n) is 7.08. The number of benzene rings is 1. The van der Waals surface area contributed by atoms with E-state index in [0.717, 1.165) is 6.42 Å². The third kappa shape index (κ3) is 4.16. The molecule has 2 rings (SSSR count). The van der Waals surface area contributed by atoms with E-state index in [1.807, 2.05) is 0 Å². The SMILES string of the molecule is OC1CCCC1CCCCCc1ccccc1. The molecule has 0 radical (unpaired) electrons. The first kappa shape index (κ1) is 12.6. The molecule has 1 N–H and O–H groups in total. The molecular formula is C16H24O. The Balaban J connectivity index is 1.55. The fourth-order valence-electron chi connectivity index (χ4n) is 2.91. The predicted octanol–water partition coefficient (Wildman–Crippen LogP) is 3.95. The lowest BCUT2D eigenvalue weighted by molar-refractivity contribution is 0.126. The van der Waals surface area contributed by atoms with Crippen molar-refractivity contribution in [1.29, 1.82) is 0 Å². The Morgan fingerprint density at radius 2 is 1.82 bits per heavy atom. The lowest BCUT2D eigenvalue weighted by atomic mass is 9.97. The maximum Gasteiger partial charge on any atom is 0.0568 e. The Bertz CT molecular complexity index is 307. The van der Waals surface area contributed by atoms with Crippen LogP contribution in [0.4, 0.5) is 0 Å². The smallest absolute Gasteiger partial charge is 0.0568 e. The summed E-state index contributed by atoms with van der Waals surface area (Å²) in [6, 6.07) is 10.7. The second-order valence-electron chi connectivity index (χ2n) is 5.34. The maximum atomic E-state index is 9.72. The Kier molecular flexibility index (Phi) is 5.06. The minimum Gasteiger partial charge on any atom is -0.393 e. The van der Waals surface area contributed by atoms with Gasteiger partial charge in [0.2, 0.25) is 0 Å². The molecule has 0 aliphatic heterocycles. The van der Waals surface area contributed by atoms with Gasteiger partial charge in [-0.1, -0.05) is 49.6 Å². The monoisotopic (exact) mass is 232 g/mol. The van der Waals surface area contributed by atoms with Crippen LogP contribution in [0.3, 0.4) is 0 Å². The fraction of sp³-hybridized carbons (Fsp3) is 0.625. The molecule has 1 aromatic rings. The van der Waals surface area contributed by atoms with Gasteiger partial charge in [-0.2, -0.15) is 0 Å². The minimum atomic E-state index is 0.00382. The molecule has 1 fully saturated rings. The predicted molar refractivity (Wildman–Crippen MR) is 72.0 cm³/mol. The van der Waals surface area contributed by atoms with Gasteiger partial charge in [-0.3, -0.25) is 0 Å². The molecule has 1 aromatic carbocycles. The third-order valence-electron chi connectivity index (χ3n) is 4.00. The second kappa shape index (κ2) is 6.80. The number of hydrogen-bond acceptors (Lipinski definition) is 1. The summed E-state index contributed by atoms with van der Waals surface area (Å²) in [6.45, 7) is 0. The molecule has 1 aliphatic rings. The fourth-order valence-corrected chi connectivity index (χ4v) is 2.91. The summed E-state index contributed by atoms with van der Waals surface area (Å²) in [5, 5.41) is 9.72. The van der Waals surface area contributed by atoms with Crippen molar-refractivity contribution in [3.05, 3.63) is 35.9 Å². The van der Waals surface area contributed by atoms with Crippen LogP contribution in [0.2, 0.25) is 0 Å². The maximum absolute atomic E-state index is 9.72. The van der Waals surface area contributed by atoms with Crippen LogP contribution in [0.25, 0.3) is 0 Å². The van der Waals surface area contributed by atoms with Crippen molar-refractivity contribution in [2.24, 2.45) is 5.92 Å². The molecule has 1 heteroatoms. The number of aliphatic hydroxyl groups is 1. The summed E-state index contributed by atoms with van der Waals surface area (Å²) in [7, 11) is 0. The standard InChI is InChI=1S/C16H24O/c17-16-13-7-12-15(16)11-6-2-5-10-14-8-3-1-4-9-14/h1,3-4,8-9,15-17H,2,5-7,10-13H2. The zero-order valence-electron chi connectivity index (χ0n) is 10.6. The summed E-state index contributed by atoms with van der Waals surface area (Å²) < 4.78 is 0. The van der Waals surface area contributed by atoms with Gasteiger partial charge in [0.15, 0.2) is 0 Å². The van der Waals surface area contributed by atoms with E-state index in [0.29, 0.717) is 5.92 Å². The summed E-state index contributed by atoms with van der Waals surface area (Å²) in [5.74, 6) is 0.603. The van der Waals surface area contributed by atoms with Crippen molar-refractivity contribution in [3.63, 3.8) is 0 Å². The van der Waals surface area contributed by atoms with Gasteiger partial charge in [0, 0.05) is 0 Å². The Morgan fingerprint density at radius 3 is 2.53 bits per heavy atom. The zero-order chi connectivity index (χ0) is 11.9. The second-order valence-corrected chi connectivity index (χ2v) is 5.34. The van der Waals surface area contributed by atoms with Gasteiger partial charge in [-0.15, -0.1) is 0 Å². The first-order chi connectivity index (χ1) is 8.36. The van der Waals surface area contributed by atoms with E-state index in [9.17, 15) is 5.11 Å². The van der Waals surface area contributed by atoms with Crippen molar-refractivity contribution in [2.45, 2.75) is 57.5 Å². The van der Waals surface area contributed by atoms with Crippen molar-refractivity contribution in [3.8, 4) is 0 Å². The molecule has 17 heavy (non-hydrogen) atoms. The largest absolute Gasteiger partial charge is 0.393 e. The molecule has 0 heterocycles. The highest BCUT2D eigenvalue weighted by atomic mass is 16.3. The number of aryl methyl sites for hydroxylation is 1. The first-order valence-corrected chi connectivity index (χ1v) is 7.08. The third-order valence-corrected chi connectivity index (χ3v) is 4.00. The normalized spacial score (nSPS) is 24.1. The van der Waals surface area contributed by atoms with Gasteiger partial charge in [-0.25, -0.2) is 0 Å². The number of rotatable bonds is 6. The Labute approximate surface area is 105 Å². The van der Waals surface area contributed by atoms with Gasteiger partial charge >= 0.3 is 0 Å². The zero-order valence-corrected chi connectivity index (χ0v) is 10.6. The molecule has 2 unspecified atom stereocenters. The van der Waals surface area contributed by atoms with Gasteiger partial charge in [0.05, 0.1) is 6.10 Å². The molecule has 1 saturated carbocycles. The van der Waals surface area contributed by atoms with Crippen LogP contribution in [-0.4, -0.2) is 11.2 Å². The van der Waals surface area contributed by atoms with E-state index >= 15 is 0 Å². The van der Waals surface area contributed by atoms with Gasteiger partial charge in [0.25, 0.3) is 0 Å². The average molecular weight is 232 g/mol. The van der Waals surface area contributed by atoms with Gasteiger partial charge in [0.1, 0.15) is 0 Å². The lowest BCUT2D eigenvalue weighted by Gasteiger charge is -2.13. The molecule has 0 bridgehead atoms. The van der Waals surface area contributed by atoms with Crippen LogP contribution in [-0.2, 0) is 6.42 Å². The van der Waals surface area contributed by atoms with E-state index < -0.39 is 0 Å². The average Bonchev–Trinajstić information content (AvgIpc) is 2.76. The van der Waals surface area contributed by atoms with Crippen LogP contribution < -0.4 is 0 Å². The molecular weight excluding hydrogens is 208 g/mol. The number of hydrogen-bond donors (Lipinski definition) is 1. The highest BCUT2D eigenvalue weighted by molar-refractivity contribution is 5.14. The van der Waals surface area contributed by atoms with Crippen molar-refractivity contribution >= 4 is 0 Å². The molecule has 0 amide bonds. The minimum absolute atomic E-state index is 0.00382. The summed E-state index contributed by atoms with van der Waals surface area (Å²) >= 11 is 0. The van der Waals surface area contributed by atoms with Crippen LogP contribution >= 0.6 is 0 Å². The summed E-state index contributed by atoms with van der Waals surface area (Å²) in [6.07, 6.45) is 9.83.